The standard InChI is InChI=1S/C47H81N3O17P2/c1-4-6-7-8-9-10-11-12-13-17-20-23-27-38(51)39(52)28-25-30-43(54)65-37(33-62-42(53)29-24-21-18-15-14-16-19-22-26-36(3)5-2)34-63-68(58,59)67-69(60,61)64-35-40-44(55)45(56)46(66-40)50-32-31-41(48)49-47(50)57/h9-10,12-13,20,23,31-32,36-40,44-46,51-52,55-56H,4-8,11,14-19,21-22,24-30,33-35H2,1-3H3,(H,58,59)(H,60,61)(H2,48,49,57)/b10-9-,13-12-,23-20-/t36?,37-,38?,39?,40-,44-,45-,46-/m1/s1. The summed E-state index contributed by atoms with van der Waals surface area (Å²) < 4.78 is 56.5. The number of unbranched alkanes of at least 4 members (excludes halogenated alkanes) is 10. The predicted octanol–water partition coefficient (Wildman–Crippen LogP) is 7.41. The van der Waals surface area contributed by atoms with Crippen LogP contribution in [0.4, 0.5) is 5.82 Å². The summed E-state index contributed by atoms with van der Waals surface area (Å²) in [5, 5.41) is 41.8. The van der Waals surface area contributed by atoms with Crippen molar-refractivity contribution in [2.45, 2.75) is 198 Å². The highest BCUT2D eigenvalue weighted by molar-refractivity contribution is 7.61. The zero-order valence-corrected chi connectivity index (χ0v) is 42.5. The molecule has 2 heterocycles. The van der Waals surface area contributed by atoms with Gasteiger partial charge in [0.2, 0.25) is 0 Å². The number of esters is 2. The van der Waals surface area contributed by atoms with Crippen molar-refractivity contribution in [1.29, 1.82) is 0 Å². The molecule has 0 spiro atoms. The lowest BCUT2D eigenvalue weighted by Gasteiger charge is -2.22. The lowest BCUT2D eigenvalue weighted by Crippen LogP contribution is -2.36. The van der Waals surface area contributed by atoms with E-state index >= 15 is 0 Å². The Morgan fingerprint density at radius 3 is 2.09 bits per heavy atom. The fourth-order valence-electron chi connectivity index (χ4n) is 7.10. The molecule has 2 rings (SSSR count). The van der Waals surface area contributed by atoms with Crippen LogP contribution >= 0.6 is 15.6 Å². The summed E-state index contributed by atoms with van der Waals surface area (Å²) in [6.45, 7) is 4.10. The van der Waals surface area contributed by atoms with Gasteiger partial charge in [0.15, 0.2) is 12.3 Å². The van der Waals surface area contributed by atoms with Crippen molar-refractivity contribution in [3.05, 3.63) is 59.2 Å². The number of allylic oxidation sites excluding steroid dienone is 5. The van der Waals surface area contributed by atoms with E-state index in [-0.39, 0.29) is 37.9 Å². The number of hydrogen-bond acceptors (Lipinski definition) is 17. The lowest BCUT2D eigenvalue weighted by atomic mass is 9.99. The monoisotopic (exact) mass is 1020 g/mol. The van der Waals surface area contributed by atoms with Crippen LogP contribution < -0.4 is 11.4 Å². The molecule has 0 amide bonds. The van der Waals surface area contributed by atoms with Gasteiger partial charge in [-0.15, -0.1) is 0 Å². The van der Waals surface area contributed by atoms with Gasteiger partial charge in [0.25, 0.3) is 0 Å². The van der Waals surface area contributed by atoms with Crippen molar-refractivity contribution in [3.63, 3.8) is 0 Å². The topological polar surface area (TPSA) is 306 Å². The summed E-state index contributed by atoms with van der Waals surface area (Å²) in [6.07, 6.45) is 19.8. The van der Waals surface area contributed by atoms with E-state index in [1.165, 1.54) is 57.4 Å². The summed E-state index contributed by atoms with van der Waals surface area (Å²) in [7, 11) is -11.0. The number of nitrogens with two attached hydrogens (primary N) is 1. The first-order valence-electron chi connectivity index (χ1n) is 24.6. The van der Waals surface area contributed by atoms with Crippen LogP contribution in [-0.4, -0.2) is 108 Å². The molecule has 0 aromatic carbocycles. The molecule has 1 aromatic rings. The number of anilines is 1. The molecule has 1 aromatic heterocycles. The molecule has 10 atom stereocenters. The second kappa shape index (κ2) is 35.1. The minimum Gasteiger partial charge on any atom is -0.462 e. The van der Waals surface area contributed by atoms with Crippen LogP contribution in [0.5, 0.6) is 0 Å². The molecule has 0 radical (unpaired) electrons. The van der Waals surface area contributed by atoms with E-state index in [0.29, 0.717) is 12.8 Å². The van der Waals surface area contributed by atoms with E-state index < -0.39 is 95.9 Å². The maximum atomic E-state index is 12.9. The molecule has 1 aliphatic heterocycles. The van der Waals surface area contributed by atoms with E-state index in [0.717, 1.165) is 55.2 Å². The Hall–Kier alpha value is -3.10. The minimum absolute atomic E-state index is 0.0358. The molecule has 0 aliphatic carbocycles. The van der Waals surface area contributed by atoms with Gasteiger partial charge in [-0.1, -0.05) is 128 Å². The van der Waals surface area contributed by atoms with Crippen LogP contribution in [-0.2, 0) is 46.3 Å². The minimum atomic E-state index is -5.49. The zero-order valence-electron chi connectivity index (χ0n) is 40.7. The van der Waals surface area contributed by atoms with E-state index in [1.807, 2.05) is 12.2 Å². The molecule has 396 valence electrons. The number of aromatic nitrogens is 2. The predicted molar refractivity (Wildman–Crippen MR) is 259 cm³/mol. The number of phosphoric acid groups is 2. The Morgan fingerprint density at radius 1 is 0.797 bits per heavy atom. The Labute approximate surface area is 407 Å². The number of nitrogens with zero attached hydrogens (tertiary/aromatic N) is 2. The number of nitrogen functional groups attached to an aromatic ring is 1. The molecule has 5 unspecified atom stereocenters. The summed E-state index contributed by atoms with van der Waals surface area (Å²) in [6, 6.07) is 1.23. The van der Waals surface area contributed by atoms with Gasteiger partial charge in [-0.25, -0.2) is 13.9 Å². The third-order valence-electron chi connectivity index (χ3n) is 11.5. The largest absolute Gasteiger partial charge is 0.481 e. The first-order valence-corrected chi connectivity index (χ1v) is 27.6. The second-order valence-corrected chi connectivity index (χ2v) is 20.6. The van der Waals surface area contributed by atoms with Gasteiger partial charge in [-0.05, 0) is 63.4 Å². The highest BCUT2D eigenvalue weighted by atomic mass is 31.3. The van der Waals surface area contributed by atoms with Crippen LogP contribution in [0.15, 0.2) is 53.5 Å². The SMILES string of the molecule is CCCCC/C=C\C/C=C\C/C=C\CC(O)C(O)CCCC(=O)O[C@H](COC(=O)CCCCCCCCCCC(C)CC)COP(=O)(O)OP(=O)(O)OC[C@H]1O[C@@H](n2ccc(N)nc2=O)[C@H](O)[C@@H]1O. The number of aliphatic hydroxyl groups is 4. The van der Waals surface area contributed by atoms with Crippen LogP contribution in [0, 0.1) is 5.92 Å². The van der Waals surface area contributed by atoms with Crippen molar-refractivity contribution in [2.24, 2.45) is 5.92 Å². The smallest absolute Gasteiger partial charge is 0.462 e. The molecule has 69 heavy (non-hydrogen) atoms. The summed E-state index contributed by atoms with van der Waals surface area (Å²) in [4.78, 5) is 61.8. The number of hydrogen-bond donors (Lipinski definition) is 7. The summed E-state index contributed by atoms with van der Waals surface area (Å²) in [5.41, 5.74) is 4.56. The fourth-order valence-corrected chi connectivity index (χ4v) is 9.21. The van der Waals surface area contributed by atoms with Crippen molar-refractivity contribution in [3.8, 4) is 0 Å². The quantitative estimate of drug-likeness (QED) is 0.0146. The molecule has 22 heteroatoms. The van der Waals surface area contributed by atoms with Gasteiger partial charge in [-0.3, -0.25) is 23.2 Å². The van der Waals surface area contributed by atoms with Gasteiger partial charge in [-0.2, -0.15) is 9.29 Å². The molecule has 1 saturated heterocycles. The third kappa shape index (κ3) is 27.9. The lowest BCUT2D eigenvalue weighted by molar-refractivity contribution is -0.161. The number of phosphoric ester groups is 2. The van der Waals surface area contributed by atoms with E-state index in [4.69, 9.17) is 29.0 Å². The summed E-state index contributed by atoms with van der Waals surface area (Å²) in [5.74, 6) is -0.846. The third-order valence-corrected chi connectivity index (χ3v) is 14.1. The van der Waals surface area contributed by atoms with Gasteiger partial charge >= 0.3 is 33.3 Å². The van der Waals surface area contributed by atoms with Crippen molar-refractivity contribution in [2.75, 3.05) is 25.6 Å². The Morgan fingerprint density at radius 2 is 1.42 bits per heavy atom. The highest BCUT2D eigenvalue weighted by Crippen LogP contribution is 2.60. The van der Waals surface area contributed by atoms with Gasteiger partial charge in [0, 0.05) is 19.0 Å². The van der Waals surface area contributed by atoms with Crippen LogP contribution in [0.25, 0.3) is 0 Å². The van der Waals surface area contributed by atoms with Crippen LogP contribution in [0.1, 0.15) is 162 Å². The molecule has 0 bridgehead atoms. The summed E-state index contributed by atoms with van der Waals surface area (Å²) >= 11 is 0. The van der Waals surface area contributed by atoms with Crippen LogP contribution in [0.3, 0.4) is 0 Å². The molecule has 1 aliphatic rings. The van der Waals surface area contributed by atoms with Crippen molar-refractivity contribution >= 4 is 33.4 Å². The Bertz CT molecular complexity index is 1850. The zero-order chi connectivity index (χ0) is 51.1. The molecule has 20 nitrogen and oxygen atoms in total. The molecular weight excluding hydrogens is 940 g/mol. The fraction of sp³-hybridized carbons (Fsp3) is 0.745. The average Bonchev–Trinajstić information content (AvgIpc) is 3.58. The van der Waals surface area contributed by atoms with E-state index in [2.05, 4.69) is 48.3 Å². The maximum Gasteiger partial charge on any atom is 0.481 e. The Kier molecular flexibility index (Phi) is 31.5. The molecule has 0 saturated carbocycles. The van der Waals surface area contributed by atoms with Crippen molar-refractivity contribution in [1.82, 2.24) is 9.55 Å². The molecule has 8 N–H and O–H groups in total. The van der Waals surface area contributed by atoms with Crippen molar-refractivity contribution < 1.29 is 76.5 Å². The number of rotatable bonds is 39. The van der Waals surface area contributed by atoms with E-state index in [1.54, 1.807) is 6.08 Å². The van der Waals surface area contributed by atoms with Crippen LogP contribution in [0.2, 0.25) is 0 Å². The molecular formula is C47H81N3O17P2. The number of carbonyl (C=O) groups excluding carboxylic acids is 2. The number of carbonyl (C=O) groups is 2. The maximum absolute atomic E-state index is 12.9. The second-order valence-electron chi connectivity index (χ2n) is 17.5. The van der Waals surface area contributed by atoms with Gasteiger partial charge in [0.1, 0.15) is 30.7 Å². The first-order chi connectivity index (χ1) is 32.9. The number of aliphatic hydroxyl groups excluding tert-OH is 4. The normalized spacial score (nSPS) is 21.1. The van der Waals surface area contributed by atoms with Gasteiger partial charge in [0.05, 0.1) is 25.4 Å². The molecule has 1 fully saturated rings. The average molecular weight is 1020 g/mol. The Balaban J connectivity index is 1.89. The highest BCUT2D eigenvalue weighted by Gasteiger charge is 2.46. The first kappa shape index (κ1) is 62.0. The van der Waals surface area contributed by atoms with Gasteiger partial charge < -0.3 is 50.2 Å². The number of ether oxygens (including phenoxy) is 3. The van der Waals surface area contributed by atoms with E-state index in [9.17, 15) is 53.7 Å².